The molecular weight excluding hydrogens is 401 g/mol. The van der Waals surface area contributed by atoms with Crippen molar-refractivity contribution in [3.63, 3.8) is 0 Å². The number of rotatable bonds is 6. The van der Waals surface area contributed by atoms with Crippen LogP contribution in [-0.2, 0) is 10.0 Å². The highest BCUT2D eigenvalue weighted by Crippen LogP contribution is 2.24. The van der Waals surface area contributed by atoms with Crippen LogP contribution >= 0.6 is 22.6 Å². The van der Waals surface area contributed by atoms with Crippen LogP contribution in [-0.4, -0.2) is 22.1 Å². The minimum absolute atomic E-state index is 0.283. The monoisotopic (exact) mass is 421 g/mol. The Morgan fingerprint density at radius 1 is 1.33 bits per heavy atom. The number of nitrogens with one attached hydrogen (secondary N) is 1. The van der Waals surface area contributed by atoms with Gasteiger partial charge >= 0.3 is 0 Å². The lowest BCUT2D eigenvalue weighted by atomic mass is 9.97. The third-order valence-corrected chi connectivity index (χ3v) is 5.86. The molecule has 0 atom stereocenters. The van der Waals surface area contributed by atoms with Gasteiger partial charge in [0.2, 0.25) is 10.0 Å². The molecule has 6 heteroatoms. The topological polar surface area (TPSA) is 55.4 Å². The zero-order chi connectivity index (χ0) is 15.3. The van der Waals surface area contributed by atoms with Crippen molar-refractivity contribution in [2.24, 2.45) is 0 Å². The zero-order valence-electron chi connectivity index (χ0n) is 12.1. The Morgan fingerprint density at radius 2 is 2.14 bits per heavy atom. The quantitative estimate of drug-likeness (QED) is 0.566. The molecule has 0 aliphatic heterocycles. The van der Waals surface area contributed by atoms with E-state index < -0.39 is 10.0 Å². The first-order valence-electron chi connectivity index (χ1n) is 7.04. The second-order valence-corrected chi connectivity index (χ2v) is 7.98. The number of halogens is 1. The molecule has 0 saturated heterocycles. The molecule has 4 nitrogen and oxygen atoms in total. The zero-order valence-corrected chi connectivity index (χ0v) is 15.0. The Balaban J connectivity index is 1.98. The molecule has 116 valence electrons. The Bertz CT molecular complexity index is 626. The van der Waals surface area contributed by atoms with Crippen molar-refractivity contribution in [2.45, 2.75) is 37.0 Å². The Morgan fingerprint density at radius 3 is 2.76 bits per heavy atom. The number of methoxy groups -OCH3 is 1. The largest absolute Gasteiger partial charge is 0.496 e. The highest BCUT2D eigenvalue weighted by Gasteiger charge is 2.15. The van der Waals surface area contributed by atoms with Gasteiger partial charge in [-0.2, -0.15) is 0 Å². The van der Waals surface area contributed by atoms with E-state index in [2.05, 4.69) is 33.4 Å². The molecule has 0 spiro atoms. The molecule has 0 amide bonds. The summed E-state index contributed by atoms with van der Waals surface area (Å²) in [5.74, 6) is 0.682. The van der Waals surface area contributed by atoms with Crippen LogP contribution in [0.4, 0.5) is 0 Å². The van der Waals surface area contributed by atoms with E-state index >= 15 is 0 Å². The summed E-state index contributed by atoms with van der Waals surface area (Å²) in [6, 6.07) is 4.88. The maximum absolute atomic E-state index is 12.3. The Kier molecular flexibility index (Phi) is 6.07. The summed E-state index contributed by atoms with van der Waals surface area (Å²) in [4.78, 5) is 0.283. The van der Waals surface area contributed by atoms with Gasteiger partial charge in [0, 0.05) is 6.54 Å². The standard InChI is InChI=1S/C15H20INO3S/c1-20-15-8-7-13(11-14(15)16)21(18,19)17-10-9-12-5-3-2-4-6-12/h5,7-8,11,17H,2-4,6,9-10H2,1H3. The molecule has 0 radical (unpaired) electrons. The van der Waals surface area contributed by atoms with Crippen LogP contribution in [0.1, 0.15) is 32.1 Å². The van der Waals surface area contributed by atoms with E-state index in [4.69, 9.17) is 4.74 Å². The van der Waals surface area contributed by atoms with Crippen LogP contribution in [0, 0.1) is 3.57 Å². The third-order valence-electron chi connectivity index (χ3n) is 3.56. The summed E-state index contributed by atoms with van der Waals surface area (Å²) in [6.07, 6.45) is 7.73. The van der Waals surface area contributed by atoms with E-state index in [9.17, 15) is 8.42 Å². The van der Waals surface area contributed by atoms with Gasteiger partial charge in [-0.3, -0.25) is 0 Å². The van der Waals surface area contributed by atoms with Crippen LogP contribution < -0.4 is 9.46 Å². The average molecular weight is 421 g/mol. The summed E-state index contributed by atoms with van der Waals surface area (Å²) in [7, 11) is -1.87. The molecule has 1 aromatic rings. The molecule has 0 saturated carbocycles. The lowest BCUT2D eigenvalue weighted by Gasteiger charge is -2.13. The molecule has 2 rings (SSSR count). The van der Waals surface area contributed by atoms with Gasteiger partial charge in [0.05, 0.1) is 15.6 Å². The van der Waals surface area contributed by atoms with Crippen LogP contribution in [0.25, 0.3) is 0 Å². The normalized spacial score (nSPS) is 15.6. The van der Waals surface area contributed by atoms with Gasteiger partial charge in [0.25, 0.3) is 0 Å². The van der Waals surface area contributed by atoms with E-state index in [0.717, 1.165) is 22.8 Å². The minimum Gasteiger partial charge on any atom is -0.496 e. The molecule has 0 fully saturated rings. The second-order valence-electron chi connectivity index (χ2n) is 5.05. The number of sulfonamides is 1. The maximum atomic E-state index is 12.3. The van der Waals surface area contributed by atoms with Crippen molar-refractivity contribution in [1.82, 2.24) is 4.72 Å². The van der Waals surface area contributed by atoms with Crippen molar-refractivity contribution < 1.29 is 13.2 Å². The van der Waals surface area contributed by atoms with Crippen molar-refractivity contribution in [2.75, 3.05) is 13.7 Å². The van der Waals surface area contributed by atoms with Crippen LogP contribution in [0.2, 0.25) is 0 Å². The fraction of sp³-hybridized carbons (Fsp3) is 0.467. The summed E-state index contributed by atoms with van der Waals surface area (Å²) in [5.41, 5.74) is 1.37. The Hall–Kier alpha value is -0.600. The first-order chi connectivity index (χ1) is 10.0. The first kappa shape index (κ1) is 16.8. The summed E-state index contributed by atoms with van der Waals surface area (Å²) in [6.45, 7) is 0.455. The molecule has 0 bridgehead atoms. The predicted octanol–water partition coefficient (Wildman–Crippen LogP) is 3.47. The summed E-state index contributed by atoms with van der Waals surface area (Å²) >= 11 is 2.07. The molecule has 0 heterocycles. The van der Waals surface area contributed by atoms with E-state index in [1.54, 1.807) is 25.3 Å². The van der Waals surface area contributed by atoms with Crippen LogP contribution in [0.15, 0.2) is 34.7 Å². The molecule has 1 aromatic carbocycles. The molecule has 1 N–H and O–H groups in total. The first-order valence-corrected chi connectivity index (χ1v) is 9.60. The maximum Gasteiger partial charge on any atom is 0.240 e. The van der Waals surface area contributed by atoms with E-state index in [0.29, 0.717) is 12.3 Å². The van der Waals surface area contributed by atoms with Crippen LogP contribution in [0.5, 0.6) is 5.75 Å². The molecular formula is C15H20INO3S. The minimum atomic E-state index is -3.45. The lowest BCUT2D eigenvalue weighted by molar-refractivity contribution is 0.411. The van der Waals surface area contributed by atoms with Crippen molar-refractivity contribution in [3.05, 3.63) is 33.4 Å². The fourth-order valence-corrected chi connectivity index (χ4v) is 4.38. The van der Waals surface area contributed by atoms with E-state index in [1.165, 1.54) is 18.4 Å². The summed E-state index contributed by atoms with van der Waals surface area (Å²) < 4.78 is 33.1. The lowest BCUT2D eigenvalue weighted by Crippen LogP contribution is -2.25. The third kappa shape index (κ3) is 4.69. The molecule has 0 aromatic heterocycles. The molecule has 0 unspecified atom stereocenters. The highest BCUT2D eigenvalue weighted by molar-refractivity contribution is 14.1. The smallest absolute Gasteiger partial charge is 0.240 e. The SMILES string of the molecule is COc1ccc(S(=O)(=O)NCCC2=CCCCC2)cc1I. The van der Waals surface area contributed by atoms with E-state index in [-0.39, 0.29) is 4.90 Å². The van der Waals surface area contributed by atoms with Gasteiger partial charge in [0.1, 0.15) is 5.75 Å². The van der Waals surface area contributed by atoms with Crippen molar-refractivity contribution in [3.8, 4) is 5.75 Å². The second kappa shape index (κ2) is 7.60. The average Bonchev–Trinajstić information content (AvgIpc) is 2.48. The molecule has 1 aliphatic carbocycles. The van der Waals surface area contributed by atoms with Gasteiger partial charge in [-0.05, 0) is 72.9 Å². The number of ether oxygens (including phenoxy) is 1. The van der Waals surface area contributed by atoms with Crippen molar-refractivity contribution in [1.29, 1.82) is 0 Å². The number of benzene rings is 1. The predicted molar refractivity (Wildman–Crippen MR) is 92.1 cm³/mol. The Labute approximate surface area is 140 Å². The van der Waals surface area contributed by atoms with Gasteiger partial charge in [-0.25, -0.2) is 13.1 Å². The molecule has 1 aliphatic rings. The van der Waals surface area contributed by atoms with Gasteiger partial charge in [-0.15, -0.1) is 0 Å². The number of allylic oxidation sites excluding steroid dienone is 1. The molecule has 21 heavy (non-hydrogen) atoms. The number of hydrogen-bond donors (Lipinski definition) is 1. The van der Waals surface area contributed by atoms with Gasteiger partial charge in [-0.1, -0.05) is 11.6 Å². The van der Waals surface area contributed by atoms with Gasteiger partial charge in [0.15, 0.2) is 0 Å². The van der Waals surface area contributed by atoms with Crippen molar-refractivity contribution >= 4 is 32.6 Å². The summed E-state index contributed by atoms with van der Waals surface area (Å²) in [5, 5.41) is 0. The highest BCUT2D eigenvalue weighted by atomic mass is 127. The number of hydrogen-bond acceptors (Lipinski definition) is 3. The fourth-order valence-electron chi connectivity index (χ4n) is 2.38. The van der Waals surface area contributed by atoms with E-state index in [1.807, 2.05) is 0 Å². The van der Waals surface area contributed by atoms with Gasteiger partial charge < -0.3 is 4.74 Å². The van der Waals surface area contributed by atoms with Crippen LogP contribution in [0.3, 0.4) is 0 Å².